The van der Waals surface area contributed by atoms with Gasteiger partial charge in [0.1, 0.15) is 0 Å². The minimum atomic E-state index is -0.00998. The Labute approximate surface area is 97.4 Å². The molecule has 0 bridgehead atoms. The molecule has 2 nitrogen and oxygen atoms in total. The Morgan fingerprint density at radius 3 is 2.50 bits per heavy atom. The summed E-state index contributed by atoms with van der Waals surface area (Å²) in [6.07, 6.45) is 4.95. The monoisotopic (exact) mass is 216 g/mol. The van der Waals surface area contributed by atoms with E-state index in [1.807, 2.05) is 0 Å². The molecule has 1 heterocycles. The molecule has 1 saturated carbocycles. The third-order valence-corrected chi connectivity index (χ3v) is 3.92. The van der Waals surface area contributed by atoms with Crippen molar-refractivity contribution >= 4 is 5.69 Å². The maximum Gasteiger partial charge on any atom is 0.0432 e. The zero-order valence-corrected chi connectivity index (χ0v) is 10.00. The Kier molecular flexibility index (Phi) is 2.21. The fourth-order valence-corrected chi connectivity index (χ4v) is 2.69. The van der Waals surface area contributed by atoms with E-state index in [0.29, 0.717) is 0 Å². The molecule has 86 valence electrons. The largest absolute Gasteiger partial charge is 0.371 e. The summed E-state index contributed by atoms with van der Waals surface area (Å²) in [6.45, 7) is 4.56. The molecule has 1 aromatic rings. The SMILES string of the molecule is Cc1ccc(N2CCCC2)c(C2(N)CC2)c1. The maximum atomic E-state index is 6.38. The molecule has 0 unspecified atom stereocenters. The highest BCUT2D eigenvalue weighted by atomic mass is 15.1. The summed E-state index contributed by atoms with van der Waals surface area (Å²) < 4.78 is 0. The smallest absolute Gasteiger partial charge is 0.0432 e. The van der Waals surface area contributed by atoms with Crippen molar-refractivity contribution in [3.63, 3.8) is 0 Å². The molecule has 0 aromatic heterocycles. The number of benzene rings is 1. The molecule has 2 aliphatic rings. The van der Waals surface area contributed by atoms with Crippen LogP contribution < -0.4 is 10.6 Å². The van der Waals surface area contributed by atoms with Gasteiger partial charge in [0.25, 0.3) is 0 Å². The van der Waals surface area contributed by atoms with Crippen molar-refractivity contribution in [3.8, 4) is 0 Å². The van der Waals surface area contributed by atoms with E-state index in [1.165, 1.54) is 42.7 Å². The average molecular weight is 216 g/mol. The molecular weight excluding hydrogens is 196 g/mol. The fraction of sp³-hybridized carbons (Fsp3) is 0.571. The van der Waals surface area contributed by atoms with Crippen LogP contribution >= 0.6 is 0 Å². The minimum Gasteiger partial charge on any atom is -0.371 e. The fourth-order valence-electron chi connectivity index (χ4n) is 2.69. The molecular formula is C14H20N2. The van der Waals surface area contributed by atoms with Gasteiger partial charge >= 0.3 is 0 Å². The van der Waals surface area contributed by atoms with Gasteiger partial charge in [-0.25, -0.2) is 0 Å². The molecule has 0 radical (unpaired) electrons. The van der Waals surface area contributed by atoms with Crippen LogP contribution in [0.25, 0.3) is 0 Å². The van der Waals surface area contributed by atoms with Crippen molar-refractivity contribution in [1.82, 2.24) is 0 Å². The Bertz CT molecular complexity index is 401. The van der Waals surface area contributed by atoms with Crippen molar-refractivity contribution < 1.29 is 0 Å². The van der Waals surface area contributed by atoms with Gasteiger partial charge in [-0.05, 0) is 44.2 Å². The molecule has 2 N–H and O–H groups in total. The van der Waals surface area contributed by atoms with Gasteiger partial charge in [-0.1, -0.05) is 17.7 Å². The molecule has 1 aliphatic heterocycles. The first kappa shape index (κ1) is 10.2. The van der Waals surface area contributed by atoms with Gasteiger partial charge in [-0.15, -0.1) is 0 Å². The van der Waals surface area contributed by atoms with E-state index < -0.39 is 0 Å². The van der Waals surface area contributed by atoms with E-state index in [4.69, 9.17) is 5.73 Å². The number of anilines is 1. The van der Waals surface area contributed by atoms with Crippen molar-refractivity contribution in [3.05, 3.63) is 29.3 Å². The van der Waals surface area contributed by atoms with Gasteiger partial charge in [-0.2, -0.15) is 0 Å². The molecule has 0 amide bonds. The standard InChI is InChI=1S/C14H20N2/c1-11-4-5-13(16-8-2-3-9-16)12(10-11)14(15)6-7-14/h4-5,10H,2-3,6-9,15H2,1H3. The highest BCUT2D eigenvalue weighted by molar-refractivity contribution is 5.59. The van der Waals surface area contributed by atoms with Crippen LogP contribution in [0, 0.1) is 6.92 Å². The van der Waals surface area contributed by atoms with E-state index in [1.54, 1.807) is 0 Å². The van der Waals surface area contributed by atoms with Crippen molar-refractivity contribution in [2.24, 2.45) is 5.73 Å². The number of rotatable bonds is 2. The second-order valence-corrected chi connectivity index (χ2v) is 5.37. The zero-order chi connectivity index (χ0) is 11.2. The van der Waals surface area contributed by atoms with Crippen LogP contribution in [-0.2, 0) is 5.54 Å². The van der Waals surface area contributed by atoms with Gasteiger partial charge in [0.15, 0.2) is 0 Å². The Balaban J connectivity index is 2.02. The molecule has 0 spiro atoms. The van der Waals surface area contributed by atoms with Crippen molar-refractivity contribution in [2.75, 3.05) is 18.0 Å². The van der Waals surface area contributed by atoms with E-state index in [0.717, 1.165) is 12.8 Å². The van der Waals surface area contributed by atoms with Crippen LogP contribution in [0.1, 0.15) is 36.8 Å². The summed E-state index contributed by atoms with van der Waals surface area (Å²) in [5.74, 6) is 0. The summed E-state index contributed by atoms with van der Waals surface area (Å²) >= 11 is 0. The molecule has 1 aromatic carbocycles. The van der Waals surface area contributed by atoms with Crippen LogP contribution in [0.3, 0.4) is 0 Å². The lowest BCUT2D eigenvalue weighted by molar-refractivity contribution is 0.732. The third kappa shape index (κ3) is 1.61. The lowest BCUT2D eigenvalue weighted by atomic mass is 10.00. The summed E-state index contributed by atoms with van der Waals surface area (Å²) in [6, 6.07) is 6.77. The minimum absolute atomic E-state index is 0.00998. The van der Waals surface area contributed by atoms with E-state index >= 15 is 0 Å². The van der Waals surface area contributed by atoms with Crippen LogP contribution in [0.15, 0.2) is 18.2 Å². The predicted octanol–water partition coefficient (Wildman–Crippen LogP) is 2.54. The molecule has 3 rings (SSSR count). The molecule has 1 aliphatic carbocycles. The van der Waals surface area contributed by atoms with E-state index in [9.17, 15) is 0 Å². The second-order valence-electron chi connectivity index (χ2n) is 5.37. The van der Waals surface area contributed by atoms with Crippen molar-refractivity contribution in [2.45, 2.75) is 38.1 Å². The number of aryl methyl sites for hydroxylation is 1. The van der Waals surface area contributed by atoms with Gasteiger partial charge in [0, 0.05) is 24.3 Å². The maximum absolute atomic E-state index is 6.38. The molecule has 0 atom stereocenters. The van der Waals surface area contributed by atoms with Crippen molar-refractivity contribution in [1.29, 1.82) is 0 Å². The van der Waals surface area contributed by atoms with Crippen LogP contribution in [-0.4, -0.2) is 13.1 Å². The molecule has 2 fully saturated rings. The second kappa shape index (κ2) is 3.49. The lowest BCUT2D eigenvalue weighted by Crippen LogP contribution is -2.26. The highest BCUT2D eigenvalue weighted by Gasteiger charge is 2.42. The van der Waals surface area contributed by atoms with Crippen LogP contribution in [0.2, 0.25) is 0 Å². The quantitative estimate of drug-likeness (QED) is 0.823. The summed E-state index contributed by atoms with van der Waals surface area (Å²) in [5.41, 5.74) is 10.5. The first-order chi connectivity index (χ1) is 7.69. The number of hydrogen-bond donors (Lipinski definition) is 1. The predicted molar refractivity (Wildman–Crippen MR) is 67.7 cm³/mol. The first-order valence-corrected chi connectivity index (χ1v) is 6.34. The Morgan fingerprint density at radius 1 is 1.19 bits per heavy atom. The van der Waals surface area contributed by atoms with Gasteiger partial charge in [0.2, 0.25) is 0 Å². The molecule has 16 heavy (non-hydrogen) atoms. The zero-order valence-electron chi connectivity index (χ0n) is 10.00. The van der Waals surface area contributed by atoms with Gasteiger partial charge < -0.3 is 10.6 Å². The van der Waals surface area contributed by atoms with E-state index in [-0.39, 0.29) is 5.54 Å². The summed E-state index contributed by atoms with van der Waals surface area (Å²) in [5, 5.41) is 0. The van der Waals surface area contributed by atoms with E-state index in [2.05, 4.69) is 30.0 Å². The highest BCUT2D eigenvalue weighted by Crippen LogP contribution is 2.47. The number of nitrogens with zero attached hydrogens (tertiary/aromatic N) is 1. The topological polar surface area (TPSA) is 29.3 Å². The number of hydrogen-bond acceptors (Lipinski definition) is 2. The van der Waals surface area contributed by atoms with Crippen LogP contribution in [0.5, 0.6) is 0 Å². The summed E-state index contributed by atoms with van der Waals surface area (Å²) in [7, 11) is 0. The third-order valence-electron chi connectivity index (χ3n) is 3.92. The summed E-state index contributed by atoms with van der Waals surface area (Å²) in [4.78, 5) is 2.50. The molecule has 2 heteroatoms. The first-order valence-electron chi connectivity index (χ1n) is 6.34. The Morgan fingerprint density at radius 2 is 1.88 bits per heavy atom. The van der Waals surface area contributed by atoms with Crippen LogP contribution in [0.4, 0.5) is 5.69 Å². The normalized spacial score (nSPS) is 22.5. The Hall–Kier alpha value is -1.02. The van der Waals surface area contributed by atoms with Gasteiger partial charge in [0.05, 0.1) is 0 Å². The average Bonchev–Trinajstić information content (AvgIpc) is 2.82. The lowest BCUT2D eigenvalue weighted by Gasteiger charge is -2.24. The number of nitrogens with two attached hydrogens (primary N) is 1. The van der Waals surface area contributed by atoms with Gasteiger partial charge in [-0.3, -0.25) is 0 Å². The molecule has 1 saturated heterocycles.